The number of alkyl halides is 1. The summed E-state index contributed by atoms with van der Waals surface area (Å²) in [5.74, 6) is 0. The molecule has 0 aromatic carbocycles. The molecular formula is C12H18BrN3O2S. The van der Waals surface area contributed by atoms with E-state index in [1.165, 1.54) is 12.6 Å². The summed E-state index contributed by atoms with van der Waals surface area (Å²) in [6.07, 6.45) is 6.18. The normalized spacial score (nSPS) is 26.7. The van der Waals surface area contributed by atoms with Gasteiger partial charge in [-0.15, -0.1) is 0 Å². The molecule has 2 aliphatic rings. The lowest BCUT2D eigenvalue weighted by molar-refractivity contribution is 0.260. The van der Waals surface area contributed by atoms with Gasteiger partial charge in [-0.3, -0.25) is 4.68 Å². The fourth-order valence-corrected chi connectivity index (χ4v) is 5.29. The van der Waals surface area contributed by atoms with E-state index in [0.29, 0.717) is 34.8 Å². The fourth-order valence-electron chi connectivity index (χ4n) is 2.79. The zero-order valence-corrected chi connectivity index (χ0v) is 13.3. The van der Waals surface area contributed by atoms with E-state index < -0.39 is 10.0 Å². The lowest BCUT2D eigenvalue weighted by Gasteiger charge is -2.31. The van der Waals surface area contributed by atoms with Crippen LogP contribution in [0.5, 0.6) is 0 Å². The first kappa shape index (κ1) is 13.6. The van der Waals surface area contributed by atoms with E-state index in [1.807, 2.05) is 6.92 Å². The van der Waals surface area contributed by atoms with E-state index >= 15 is 0 Å². The van der Waals surface area contributed by atoms with Crippen LogP contribution in [-0.2, 0) is 16.6 Å². The number of halogens is 1. The van der Waals surface area contributed by atoms with E-state index in [2.05, 4.69) is 21.0 Å². The van der Waals surface area contributed by atoms with Gasteiger partial charge in [-0.1, -0.05) is 15.9 Å². The molecule has 3 rings (SSSR count). The van der Waals surface area contributed by atoms with Gasteiger partial charge in [0.2, 0.25) is 10.0 Å². The van der Waals surface area contributed by atoms with Gasteiger partial charge in [0, 0.05) is 30.7 Å². The number of hydrogen-bond acceptors (Lipinski definition) is 3. The summed E-state index contributed by atoms with van der Waals surface area (Å²) < 4.78 is 28.2. The van der Waals surface area contributed by atoms with Crippen molar-refractivity contribution in [3.63, 3.8) is 0 Å². The second-order valence-corrected chi connectivity index (χ2v) is 8.51. The Labute approximate surface area is 122 Å². The van der Waals surface area contributed by atoms with Gasteiger partial charge in [0.15, 0.2) is 0 Å². The van der Waals surface area contributed by atoms with Crippen LogP contribution in [0.3, 0.4) is 0 Å². The largest absolute Gasteiger partial charge is 0.272 e. The predicted molar refractivity (Wildman–Crippen MR) is 75.7 cm³/mol. The maximum absolute atomic E-state index is 12.5. The topological polar surface area (TPSA) is 55.2 Å². The van der Waals surface area contributed by atoms with Crippen LogP contribution >= 0.6 is 15.9 Å². The maximum atomic E-state index is 12.5. The first-order chi connectivity index (χ1) is 8.98. The van der Waals surface area contributed by atoms with Gasteiger partial charge in [0.25, 0.3) is 0 Å². The molecule has 1 saturated carbocycles. The Morgan fingerprint density at radius 2 is 2.11 bits per heavy atom. The van der Waals surface area contributed by atoms with Crippen LogP contribution in [0.15, 0.2) is 17.3 Å². The van der Waals surface area contributed by atoms with Crippen molar-refractivity contribution < 1.29 is 8.42 Å². The first-order valence-corrected chi connectivity index (χ1v) is 9.00. The third-order valence-electron chi connectivity index (χ3n) is 4.38. The second kappa shape index (κ2) is 4.56. The van der Waals surface area contributed by atoms with Gasteiger partial charge < -0.3 is 0 Å². The summed E-state index contributed by atoms with van der Waals surface area (Å²) >= 11 is 3.65. The molecule has 19 heavy (non-hydrogen) atoms. The minimum absolute atomic E-state index is 0.316. The average molecular weight is 348 g/mol. The molecule has 1 aliphatic carbocycles. The van der Waals surface area contributed by atoms with E-state index in [4.69, 9.17) is 0 Å². The lowest BCUT2D eigenvalue weighted by atomic mass is 9.95. The number of aryl methyl sites for hydroxylation is 1. The van der Waals surface area contributed by atoms with Crippen LogP contribution in [0.25, 0.3) is 0 Å². The average Bonchev–Trinajstić information content (AvgIpc) is 2.83. The van der Waals surface area contributed by atoms with Gasteiger partial charge >= 0.3 is 0 Å². The molecule has 0 amide bonds. The quantitative estimate of drug-likeness (QED) is 0.784. The number of nitrogens with zero attached hydrogens (tertiary/aromatic N) is 3. The summed E-state index contributed by atoms with van der Waals surface area (Å²) in [7, 11) is -3.36. The van der Waals surface area contributed by atoms with Crippen LogP contribution in [0.2, 0.25) is 0 Å². The lowest BCUT2D eigenvalue weighted by Crippen LogP contribution is -2.39. The Kier molecular flexibility index (Phi) is 3.26. The third kappa shape index (κ3) is 2.25. The van der Waals surface area contributed by atoms with Crippen molar-refractivity contribution in [2.45, 2.75) is 42.5 Å². The third-order valence-corrected chi connectivity index (χ3v) is 7.53. The number of rotatable bonds is 3. The molecule has 1 atom stereocenters. The van der Waals surface area contributed by atoms with Crippen molar-refractivity contribution in [2.75, 3.05) is 13.1 Å². The molecule has 5 nitrogen and oxygen atoms in total. The molecule has 1 aliphatic heterocycles. The summed E-state index contributed by atoms with van der Waals surface area (Å²) in [4.78, 5) is 0.907. The zero-order valence-electron chi connectivity index (χ0n) is 10.9. The fraction of sp³-hybridized carbons (Fsp3) is 0.750. The van der Waals surface area contributed by atoms with Crippen molar-refractivity contribution in [3.05, 3.63) is 12.4 Å². The van der Waals surface area contributed by atoms with Crippen LogP contribution < -0.4 is 0 Å². The summed E-state index contributed by atoms with van der Waals surface area (Å²) in [6, 6.07) is 0. The number of hydrogen-bond donors (Lipinski definition) is 0. The van der Waals surface area contributed by atoms with Gasteiger partial charge in [0.05, 0.1) is 6.20 Å². The highest BCUT2D eigenvalue weighted by Crippen LogP contribution is 2.58. The van der Waals surface area contributed by atoms with Crippen molar-refractivity contribution in [1.82, 2.24) is 14.1 Å². The molecule has 2 heterocycles. The summed E-state index contributed by atoms with van der Waals surface area (Å²) in [6.45, 7) is 3.88. The van der Waals surface area contributed by atoms with Crippen LogP contribution in [0.4, 0.5) is 0 Å². The Hall–Kier alpha value is -0.400. The van der Waals surface area contributed by atoms with Crippen LogP contribution in [0.1, 0.15) is 26.2 Å². The molecule has 0 N–H and O–H groups in total. The maximum Gasteiger partial charge on any atom is 0.246 e. The predicted octanol–water partition coefficient (Wildman–Crippen LogP) is 1.84. The molecular weight excluding hydrogens is 330 g/mol. The van der Waals surface area contributed by atoms with E-state index in [9.17, 15) is 8.42 Å². The molecule has 1 unspecified atom stereocenters. The Bertz CT molecular complexity index is 576. The van der Waals surface area contributed by atoms with Crippen molar-refractivity contribution >= 4 is 26.0 Å². The van der Waals surface area contributed by atoms with Crippen molar-refractivity contribution in [3.8, 4) is 0 Å². The highest BCUT2D eigenvalue weighted by Gasteiger charge is 2.54. The van der Waals surface area contributed by atoms with Crippen LogP contribution in [0, 0.1) is 5.41 Å². The van der Waals surface area contributed by atoms with Crippen LogP contribution in [-0.4, -0.2) is 40.4 Å². The first-order valence-electron chi connectivity index (χ1n) is 6.65. The molecule has 7 heteroatoms. The van der Waals surface area contributed by atoms with Crippen molar-refractivity contribution in [2.24, 2.45) is 5.41 Å². The monoisotopic (exact) mass is 347 g/mol. The molecule has 2 fully saturated rings. The van der Waals surface area contributed by atoms with E-state index in [-0.39, 0.29) is 0 Å². The summed E-state index contributed by atoms with van der Waals surface area (Å²) in [5, 5.41) is 4.05. The number of sulfonamides is 1. The van der Waals surface area contributed by atoms with Gasteiger partial charge in [-0.2, -0.15) is 9.40 Å². The van der Waals surface area contributed by atoms with E-state index in [1.54, 1.807) is 15.2 Å². The molecule has 1 aromatic rings. The van der Waals surface area contributed by atoms with Gasteiger partial charge in [0.1, 0.15) is 4.90 Å². The van der Waals surface area contributed by atoms with Crippen molar-refractivity contribution in [1.29, 1.82) is 0 Å². The molecule has 106 valence electrons. The Balaban J connectivity index is 1.75. The zero-order chi connectivity index (χ0) is 13.7. The molecule has 1 aromatic heterocycles. The second-order valence-electron chi connectivity index (χ2n) is 5.47. The highest BCUT2D eigenvalue weighted by atomic mass is 79.9. The number of piperidine rings is 1. The molecule has 1 spiro atoms. The van der Waals surface area contributed by atoms with Gasteiger partial charge in [-0.05, 0) is 31.6 Å². The SMILES string of the molecule is CCn1cc(S(=O)(=O)N2CCC3(CC2)CC3Br)cn1. The molecule has 0 bridgehead atoms. The van der Waals surface area contributed by atoms with E-state index in [0.717, 1.165) is 12.8 Å². The highest BCUT2D eigenvalue weighted by molar-refractivity contribution is 9.09. The standard InChI is InChI=1S/C12H18BrN3O2S/c1-2-15-9-10(8-14-15)19(17,18)16-5-3-12(4-6-16)7-11(12)13/h8-9,11H,2-7H2,1H3. The molecule has 1 saturated heterocycles. The Morgan fingerprint density at radius 1 is 1.47 bits per heavy atom. The Morgan fingerprint density at radius 3 is 2.58 bits per heavy atom. The summed E-state index contributed by atoms with van der Waals surface area (Å²) in [5.41, 5.74) is 0.375. The number of aromatic nitrogens is 2. The van der Waals surface area contributed by atoms with Gasteiger partial charge in [-0.25, -0.2) is 8.42 Å². The minimum atomic E-state index is -3.36. The molecule has 0 radical (unpaired) electrons. The minimum Gasteiger partial charge on any atom is -0.272 e. The smallest absolute Gasteiger partial charge is 0.246 e.